The summed E-state index contributed by atoms with van der Waals surface area (Å²) in [7, 11) is 0. The van der Waals surface area contributed by atoms with Crippen LogP contribution >= 0.6 is 23.4 Å². The lowest BCUT2D eigenvalue weighted by atomic mass is 10.1. The molecule has 1 aromatic rings. The van der Waals surface area contributed by atoms with Gasteiger partial charge in [-0.05, 0) is 18.6 Å². The molecule has 0 bridgehead atoms. The van der Waals surface area contributed by atoms with Gasteiger partial charge < -0.3 is 4.90 Å². The van der Waals surface area contributed by atoms with E-state index in [1.54, 1.807) is 6.07 Å². The normalized spacial score (nSPS) is 21.2. The predicted molar refractivity (Wildman–Crippen MR) is 70.1 cm³/mol. The van der Waals surface area contributed by atoms with Crippen LogP contribution in [0.1, 0.15) is 12.5 Å². The van der Waals surface area contributed by atoms with E-state index >= 15 is 0 Å². The highest BCUT2D eigenvalue weighted by molar-refractivity contribution is 7.99. The number of halogens is 2. The molecule has 88 valence electrons. The van der Waals surface area contributed by atoms with E-state index in [9.17, 15) is 4.39 Å². The quantitative estimate of drug-likeness (QED) is 0.748. The van der Waals surface area contributed by atoms with Crippen molar-refractivity contribution < 1.29 is 4.39 Å². The Kier molecular flexibility index (Phi) is 3.98. The largest absolute Gasteiger partial charge is 0.365 e. The summed E-state index contributed by atoms with van der Waals surface area (Å²) in [6, 6.07) is 5.51. The Labute approximate surface area is 105 Å². The summed E-state index contributed by atoms with van der Waals surface area (Å²) in [4.78, 5) is 2.14. The SMILES string of the molecule is CC1CSCCN1c1c(F)cccc1CCl. The number of alkyl halides is 1. The second-order valence-electron chi connectivity index (χ2n) is 4.00. The summed E-state index contributed by atoms with van der Waals surface area (Å²) in [5.74, 6) is 2.32. The summed E-state index contributed by atoms with van der Waals surface area (Å²) < 4.78 is 13.9. The first-order valence-electron chi connectivity index (χ1n) is 5.41. The zero-order chi connectivity index (χ0) is 11.5. The minimum absolute atomic E-state index is 0.156. The maximum absolute atomic E-state index is 13.9. The highest BCUT2D eigenvalue weighted by atomic mass is 35.5. The van der Waals surface area contributed by atoms with Crippen molar-refractivity contribution in [2.24, 2.45) is 0 Å². The first-order valence-corrected chi connectivity index (χ1v) is 7.10. The molecule has 1 aliphatic rings. The molecule has 0 aliphatic carbocycles. The van der Waals surface area contributed by atoms with Crippen LogP contribution in [-0.2, 0) is 5.88 Å². The van der Waals surface area contributed by atoms with Crippen LogP contribution in [0.2, 0.25) is 0 Å². The predicted octanol–water partition coefficient (Wildman–Crippen LogP) is 3.51. The second-order valence-corrected chi connectivity index (χ2v) is 5.42. The number of thioether (sulfide) groups is 1. The van der Waals surface area contributed by atoms with Gasteiger partial charge in [0, 0.05) is 30.0 Å². The van der Waals surface area contributed by atoms with Crippen molar-refractivity contribution in [3.8, 4) is 0 Å². The third-order valence-corrected chi connectivity index (χ3v) is 4.35. The molecular weight excluding hydrogens is 245 g/mol. The molecular formula is C12H15ClFNS. The molecule has 0 saturated carbocycles. The molecule has 4 heteroatoms. The van der Waals surface area contributed by atoms with E-state index in [0.717, 1.165) is 23.6 Å². The van der Waals surface area contributed by atoms with Crippen molar-refractivity contribution in [3.63, 3.8) is 0 Å². The van der Waals surface area contributed by atoms with Crippen LogP contribution in [0.5, 0.6) is 0 Å². The van der Waals surface area contributed by atoms with Crippen LogP contribution in [0.4, 0.5) is 10.1 Å². The lowest BCUT2D eigenvalue weighted by Gasteiger charge is -2.36. The third-order valence-electron chi connectivity index (χ3n) is 2.87. The topological polar surface area (TPSA) is 3.24 Å². The van der Waals surface area contributed by atoms with Gasteiger partial charge in [0.15, 0.2) is 0 Å². The number of rotatable bonds is 2. The number of anilines is 1. The van der Waals surface area contributed by atoms with Gasteiger partial charge in [0.25, 0.3) is 0 Å². The van der Waals surface area contributed by atoms with Gasteiger partial charge in [0.05, 0.1) is 5.69 Å². The Morgan fingerprint density at radius 1 is 1.56 bits per heavy atom. The fourth-order valence-electron chi connectivity index (χ4n) is 2.05. The zero-order valence-electron chi connectivity index (χ0n) is 9.25. The van der Waals surface area contributed by atoms with Gasteiger partial charge in [-0.2, -0.15) is 11.8 Å². The summed E-state index contributed by atoms with van der Waals surface area (Å²) >= 11 is 7.80. The van der Waals surface area contributed by atoms with Gasteiger partial charge in [-0.3, -0.25) is 0 Å². The smallest absolute Gasteiger partial charge is 0.146 e. The highest BCUT2D eigenvalue weighted by Gasteiger charge is 2.23. The molecule has 0 amide bonds. The Morgan fingerprint density at radius 3 is 3.06 bits per heavy atom. The number of nitrogens with zero attached hydrogens (tertiary/aromatic N) is 1. The number of hydrogen-bond donors (Lipinski definition) is 0. The summed E-state index contributed by atoms with van der Waals surface area (Å²) in [6.45, 7) is 3.03. The van der Waals surface area contributed by atoms with E-state index in [1.807, 2.05) is 17.8 Å². The lowest BCUT2D eigenvalue weighted by Crippen LogP contribution is -2.41. The van der Waals surface area contributed by atoms with Crippen LogP contribution in [0, 0.1) is 5.82 Å². The number of benzene rings is 1. The highest BCUT2D eigenvalue weighted by Crippen LogP contribution is 2.30. The average Bonchev–Trinajstić information content (AvgIpc) is 2.30. The first kappa shape index (κ1) is 12.1. The second kappa shape index (κ2) is 5.28. The van der Waals surface area contributed by atoms with Gasteiger partial charge >= 0.3 is 0 Å². The molecule has 1 aromatic carbocycles. The maximum atomic E-state index is 13.9. The Morgan fingerprint density at radius 2 is 2.38 bits per heavy atom. The van der Waals surface area contributed by atoms with Gasteiger partial charge in [-0.15, -0.1) is 11.6 Å². The van der Waals surface area contributed by atoms with Crippen LogP contribution in [0.3, 0.4) is 0 Å². The van der Waals surface area contributed by atoms with E-state index in [-0.39, 0.29) is 5.82 Å². The molecule has 16 heavy (non-hydrogen) atoms. The first-order chi connectivity index (χ1) is 7.74. The lowest BCUT2D eigenvalue weighted by molar-refractivity contribution is 0.601. The van der Waals surface area contributed by atoms with Crippen molar-refractivity contribution >= 4 is 29.1 Å². The zero-order valence-corrected chi connectivity index (χ0v) is 10.8. The van der Waals surface area contributed by atoms with Crippen molar-refractivity contribution in [2.75, 3.05) is 23.0 Å². The van der Waals surface area contributed by atoms with Crippen molar-refractivity contribution in [1.29, 1.82) is 0 Å². The summed E-state index contributed by atoms with van der Waals surface area (Å²) in [6.07, 6.45) is 0. The molecule has 0 aromatic heterocycles. The fraction of sp³-hybridized carbons (Fsp3) is 0.500. The van der Waals surface area contributed by atoms with Crippen LogP contribution in [0.15, 0.2) is 18.2 Å². The Bertz CT molecular complexity index is 372. The molecule has 2 rings (SSSR count). The fourth-order valence-corrected chi connectivity index (χ4v) is 3.28. The molecule has 1 fully saturated rings. The molecule has 1 aliphatic heterocycles. The summed E-state index contributed by atoms with van der Waals surface area (Å²) in [5, 5.41) is 0. The van der Waals surface area contributed by atoms with E-state index < -0.39 is 0 Å². The summed E-state index contributed by atoms with van der Waals surface area (Å²) in [5.41, 5.74) is 1.59. The standard InChI is InChI=1S/C12H15ClFNS/c1-9-8-16-6-5-15(9)12-10(7-13)3-2-4-11(12)14/h2-4,9H,5-8H2,1H3. The van der Waals surface area contributed by atoms with Crippen molar-refractivity contribution in [1.82, 2.24) is 0 Å². The average molecular weight is 260 g/mol. The van der Waals surface area contributed by atoms with E-state index in [2.05, 4.69) is 11.8 Å². The Hall–Kier alpha value is -0.410. The van der Waals surface area contributed by atoms with Gasteiger partial charge in [0.2, 0.25) is 0 Å². The van der Waals surface area contributed by atoms with E-state index in [1.165, 1.54) is 6.07 Å². The maximum Gasteiger partial charge on any atom is 0.146 e. The molecule has 0 N–H and O–H groups in total. The van der Waals surface area contributed by atoms with Gasteiger partial charge in [0.1, 0.15) is 5.82 Å². The third kappa shape index (κ3) is 2.30. The molecule has 0 spiro atoms. The van der Waals surface area contributed by atoms with Gasteiger partial charge in [-0.25, -0.2) is 4.39 Å². The molecule has 1 unspecified atom stereocenters. The molecule has 1 heterocycles. The van der Waals surface area contributed by atoms with E-state index in [4.69, 9.17) is 11.6 Å². The van der Waals surface area contributed by atoms with Crippen molar-refractivity contribution in [3.05, 3.63) is 29.6 Å². The minimum Gasteiger partial charge on any atom is -0.365 e. The van der Waals surface area contributed by atoms with E-state index in [0.29, 0.717) is 17.6 Å². The number of para-hydroxylation sites is 1. The Balaban J connectivity index is 2.37. The molecule has 0 radical (unpaired) electrons. The van der Waals surface area contributed by atoms with Gasteiger partial charge in [-0.1, -0.05) is 12.1 Å². The molecule has 1 nitrogen and oxygen atoms in total. The monoisotopic (exact) mass is 259 g/mol. The van der Waals surface area contributed by atoms with Crippen LogP contribution < -0.4 is 4.90 Å². The van der Waals surface area contributed by atoms with Crippen LogP contribution in [0.25, 0.3) is 0 Å². The minimum atomic E-state index is -0.156. The van der Waals surface area contributed by atoms with Crippen LogP contribution in [-0.4, -0.2) is 24.1 Å². The number of hydrogen-bond acceptors (Lipinski definition) is 2. The molecule has 1 saturated heterocycles. The molecule has 1 atom stereocenters. The van der Waals surface area contributed by atoms with Crippen molar-refractivity contribution in [2.45, 2.75) is 18.8 Å².